The summed E-state index contributed by atoms with van der Waals surface area (Å²) in [5, 5.41) is 8.43. The summed E-state index contributed by atoms with van der Waals surface area (Å²) in [7, 11) is 3.38. The lowest BCUT2D eigenvalue weighted by Crippen LogP contribution is -2.60. The Balaban J connectivity index is 1.16. The van der Waals surface area contributed by atoms with E-state index in [1.807, 2.05) is 29.1 Å². The summed E-state index contributed by atoms with van der Waals surface area (Å²) in [5.74, 6) is 1.81. The lowest BCUT2D eigenvalue weighted by atomic mass is 9.75. The summed E-state index contributed by atoms with van der Waals surface area (Å²) < 4.78 is 12.6. The zero-order valence-electron chi connectivity index (χ0n) is 19.6. The van der Waals surface area contributed by atoms with E-state index in [9.17, 15) is 4.79 Å². The van der Waals surface area contributed by atoms with Crippen molar-refractivity contribution in [2.24, 2.45) is 11.8 Å². The second-order valence-corrected chi connectivity index (χ2v) is 9.39. The number of anilines is 1. The van der Waals surface area contributed by atoms with Crippen LogP contribution < -0.4 is 9.64 Å². The summed E-state index contributed by atoms with van der Waals surface area (Å²) in [6.07, 6.45) is 4.13. The first-order valence-corrected chi connectivity index (χ1v) is 11.9. The van der Waals surface area contributed by atoms with Gasteiger partial charge in [0.2, 0.25) is 5.91 Å². The van der Waals surface area contributed by atoms with Crippen LogP contribution in [0.2, 0.25) is 0 Å². The highest BCUT2D eigenvalue weighted by Gasteiger charge is 2.44. The molecule has 4 saturated heterocycles. The van der Waals surface area contributed by atoms with Gasteiger partial charge >= 0.3 is 0 Å². The van der Waals surface area contributed by atoms with Crippen LogP contribution in [0.3, 0.4) is 0 Å². The summed E-state index contributed by atoms with van der Waals surface area (Å²) in [6, 6.07) is 8.54. The van der Waals surface area contributed by atoms with Crippen LogP contribution in [-0.4, -0.2) is 90.2 Å². The highest BCUT2D eigenvalue weighted by atomic mass is 16.5. The molecular formula is C24H34N6O3. The fraction of sp³-hybridized carbons (Fsp3) is 0.625. The van der Waals surface area contributed by atoms with Crippen LogP contribution in [-0.2, 0) is 22.7 Å². The number of carbonyl (C=O) groups excluding carboxylic acids is 1. The number of amides is 1. The van der Waals surface area contributed by atoms with Crippen LogP contribution >= 0.6 is 0 Å². The number of carbonyl (C=O) groups is 1. The SMILES string of the molecule is COCc1cn(C[C@H]2C[C@H]3CCN2C[C@@H]3C(=O)N2CCN(c3ccccc3OC)CC2)nn1. The smallest absolute Gasteiger partial charge is 0.227 e. The lowest BCUT2D eigenvalue weighted by Gasteiger charge is -2.50. The van der Waals surface area contributed by atoms with Crippen LogP contribution in [0.5, 0.6) is 5.75 Å². The third kappa shape index (κ3) is 4.56. The molecule has 178 valence electrons. The van der Waals surface area contributed by atoms with Gasteiger partial charge in [-0.05, 0) is 37.4 Å². The maximum Gasteiger partial charge on any atom is 0.227 e. The normalized spacial score (nSPS) is 27.1. The van der Waals surface area contributed by atoms with E-state index in [2.05, 4.69) is 31.1 Å². The van der Waals surface area contributed by atoms with Crippen LogP contribution in [0.1, 0.15) is 18.5 Å². The van der Waals surface area contributed by atoms with Gasteiger partial charge < -0.3 is 19.3 Å². The molecule has 9 nitrogen and oxygen atoms in total. The number of ether oxygens (including phenoxy) is 2. The lowest BCUT2D eigenvalue weighted by molar-refractivity contribution is -0.144. The second-order valence-electron chi connectivity index (χ2n) is 9.39. The Hall–Kier alpha value is -2.65. The van der Waals surface area contributed by atoms with Gasteiger partial charge in [0.1, 0.15) is 11.4 Å². The number of piperidine rings is 3. The van der Waals surface area contributed by atoms with Crippen molar-refractivity contribution in [3.05, 3.63) is 36.2 Å². The Morgan fingerprint density at radius 3 is 2.67 bits per heavy atom. The molecule has 1 unspecified atom stereocenters. The topological polar surface area (TPSA) is 76.0 Å². The molecule has 9 heteroatoms. The molecule has 4 aliphatic heterocycles. The molecule has 6 rings (SSSR count). The van der Waals surface area contributed by atoms with E-state index in [0.717, 1.165) is 75.8 Å². The molecule has 0 aliphatic carbocycles. The average Bonchev–Trinajstić information content (AvgIpc) is 3.31. The number of para-hydroxylation sites is 2. The molecule has 1 amide bonds. The van der Waals surface area contributed by atoms with Crippen LogP contribution in [0.4, 0.5) is 5.69 Å². The molecule has 0 saturated carbocycles. The van der Waals surface area contributed by atoms with E-state index in [-0.39, 0.29) is 5.92 Å². The van der Waals surface area contributed by atoms with Crippen molar-refractivity contribution in [1.82, 2.24) is 24.8 Å². The van der Waals surface area contributed by atoms with Crippen molar-refractivity contribution < 1.29 is 14.3 Å². The predicted octanol–water partition coefficient (Wildman–Crippen LogP) is 1.49. The molecule has 0 spiro atoms. The summed E-state index contributed by atoms with van der Waals surface area (Å²) >= 11 is 0. The minimum Gasteiger partial charge on any atom is -0.495 e. The monoisotopic (exact) mass is 454 g/mol. The first kappa shape index (κ1) is 22.2. The fourth-order valence-corrected chi connectivity index (χ4v) is 5.76. The Kier molecular flexibility index (Phi) is 6.50. The standard InChI is InChI=1S/C24H34N6O3/c1-32-17-19-14-30(26-25-19)15-20-13-18-7-8-29(20)16-21(18)24(31)28-11-9-27(10-12-28)22-5-3-4-6-23(22)33-2/h3-6,14,18,20-21H,7-13,15-17H2,1-2H3/t18-,20-,21+/m1/s1. The Morgan fingerprint density at radius 2 is 1.94 bits per heavy atom. The summed E-state index contributed by atoms with van der Waals surface area (Å²) in [6.45, 7) is 6.46. The second kappa shape index (κ2) is 9.69. The third-order valence-corrected chi connectivity index (χ3v) is 7.49. The highest BCUT2D eigenvalue weighted by molar-refractivity contribution is 5.80. The molecule has 33 heavy (non-hydrogen) atoms. The fourth-order valence-electron chi connectivity index (χ4n) is 5.76. The molecular weight excluding hydrogens is 420 g/mol. The number of nitrogens with zero attached hydrogens (tertiary/aromatic N) is 6. The van der Waals surface area contributed by atoms with Crippen molar-refractivity contribution in [2.45, 2.75) is 32.0 Å². The molecule has 4 aliphatic rings. The molecule has 1 aromatic carbocycles. The van der Waals surface area contributed by atoms with Crippen molar-refractivity contribution in [1.29, 1.82) is 0 Å². The Morgan fingerprint density at radius 1 is 1.12 bits per heavy atom. The first-order valence-electron chi connectivity index (χ1n) is 11.9. The van der Waals surface area contributed by atoms with Gasteiger partial charge in [-0.25, -0.2) is 0 Å². The van der Waals surface area contributed by atoms with Gasteiger partial charge in [-0.1, -0.05) is 17.3 Å². The maximum absolute atomic E-state index is 13.5. The van der Waals surface area contributed by atoms with E-state index in [0.29, 0.717) is 24.5 Å². The third-order valence-electron chi connectivity index (χ3n) is 7.49. The van der Waals surface area contributed by atoms with Gasteiger partial charge in [0.05, 0.1) is 38.1 Å². The number of hydrogen-bond acceptors (Lipinski definition) is 7. The van der Waals surface area contributed by atoms with Gasteiger partial charge in [-0.3, -0.25) is 14.4 Å². The first-order chi connectivity index (χ1) is 16.2. The van der Waals surface area contributed by atoms with E-state index >= 15 is 0 Å². The molecule has 2 aromatic rings. The zero-order valence-corrected chi connectivity index (χ0v) is 19.6. The number of hydrogen-bond donors (Lipinski definition) is 0. The molecule has 0 N–H and O–H groups in total. The largest absolute Gasteiger partial charge is 0.495 e. The minimum absolute atomic E-state index is 0.118. The van der Waals surface area contributed by atoms with Crippen LogP contribution in [0.25, 0.3) is 0 Å². The van der Waals surface area contributed by atoms with Crippen LogP contribution in [0.15, 0.2) is 30.5 Å². The van der Waals surface area contributed by atoms with Gasteiger partial charge in [0, 0.05) is 45.9 Å². The molecule has 2 bridgehead atoms. The van der Waals surface area contributed by atoms with Gasteiger partial charge in [-0.15, -0.1) is 5.10 Å². The van der Waals surface area contributed by atoms with Crippen molar-refractivity contribution in [2.75, 3.05) is 58.4 Å². The Bertz CT molecular complexity index is 957. The highest BCUT2D eigenvalue weighted by Crippen LogP contribution is 2.38. The van der Waals surface area contributed by atoms with Gasteiger partial charge in [0.25, 0.3) is 0 Å². The van der Waals surface area contributed by atoms with E-state index in [1.165, 1.54) is 0 Å². The zero-order chi connectivity index (χ0) is 22.8. The van der Waals surface area contributed by atoms with E-state index < -0.39 is 0 Å². The maximum atomic E-state index is 13.5. The summed E-state index contributed by atoms with van der Waals surface area (Å²) in [4.78, 5) is 20.4. The number of fused-ring (bicyclic) bond motifs is 3. The average molecular weight is 455 g/mol. The molecule has 4 atom stereocenters. The van der Waals surface area contributed by atoms with Crippen LogP contribution in [0, 0.1) is 11.8 Å². The molecule has 4 fully saturated rings. The van der Waals surface area contributed by atoms with Gasteiger partial charge in [-0.2, -0.15) is 0 Å². The Labute approximate surface area is 195 Å². The van der Waals surface area contributed by atoms with Crippen molar-refractivity contribution in [3.63, 3.8) is 0 Å². The molecule has 0 radical (unpaired) electrons. The van der Waals surface area contributed by atoms with Crippen molar-refractivity contribution in [3.8, 4) is 5.75 Å². The summed E-state index contributed by atoms with van der Waals surface area (Å²) in [5.41, 5.74) is 1.97. The number of methoxy groups -OCH3 is 2. The van der Waals surface area contributed by atoms with Crippen molar-refractivity contribution >= 4 is 11.6 Å². The number of aromatic nitrogens is 3. The minimum atomic E-state index is 0.118. The van der Waals surface area contributed by atoms with Gasteiger partial charge in [0.15, 0.2) is 0 Å². The number of piperazine rings is 1. The molecule has 1 aromatic heterocycles. The van der Waals surface area contributed by atoms with E-state index in [1.54, 1.807) is 14.2 Å². The quantitative estimate of drug-likeness (QED) is 0.627. The molecule has 5 heterocycles. The number of benzene rings is 1. The number of rotatable bonds is 7. The predicted molar refractivity (Wildman–Crippen MR) is 124 cm³/mol. The van der Waals surface area contributed by atoms with E-state index in [4.69, 9.17) is 9.47 Å².